The lowest BCUT2D eigenvalue weighted by atomic mass is 10.1. The van der Waals surface area contributed by atoms with E-state index in [-0.39, 0.29) is 0 Å². The van der Waals surface area contributed by atoms with Gasteiger partial charge >= 0.3 is 0 Å². The zero-order chi connectivity index (χ0) is 13.4. The fraction of sp³-hybridized carbons (Fsp3) is 0.286. The molecule has 3 rings (SSSR count). The van der Waals surface area contributed by atoms with Gasteiger partial charge in [-0.3, -0.25) is 4.57 Å². The van der Waals surface area contributed by atoms with Gasteiger partial charge in [0.1, 0.15) is 0 Å². The van der Waals surface area contributed by atoms with E-state index in [1.54, 1.807) is 0 Å². The van der Waals surface area contributed by atoms with Crippen LogP contribution in [0, 0.1) is 6.92 Å². The van der Waals surface area contributed by atoms with Crippen LogP contribution in [-0.2, 0) is 13.5 Å². The van der Waals surface area contributed by atoms with Crippen LogP contribution in [0.1, 0.15) is 11.3 Å². The predicted octanol–water partition coefficient (Wildman–Crippen LogP) is 1.54. The Hall–Kier alpha value is -2.14. The second-order valence-corrected chi connectivity index (χ2v) is 4.71. The van der Waals surface area contributed by atoms with Crippen molar-refractivity contribution in [1.29, 1.82) is 0 Å². The topological polar surface area (TPSA) is 61.1 Å². The molecule has 5 nitrogen and oxygen atoms in total. The summed E-state index contributed by atoms with van der Waals surface area (Å²) >= 11 is 0. The van der Waals surface area contributed by atoms with Crippen molar-refractivity contribution in [2.24, 2.45) is 12.8 Å². The Labute approximate surface area is 111 Å². The van der Waals surface area contributed by atoms with Crippen LogP contribution in [0.4, 0.5) is 0 Å². The third-order valence-electron chi connectivity index (χ3n) is 3.33. The average molecular weight is 255 g/mol. The Balaban J connectivity index is 2.14. The molecule has 0 fully saturated rings. The molecule has 0 aliphatic rings. The van der Waals surface area contributed by atoms with Crippen molar-refractivity contribution in [2.45, 2.75) is 13.3 Å². The first kappa shape index (κ1) is 11.9. The molecule has 2 aromatic heterocycles. The van der Waals surface area contributed by atoms with Crippen molar-refractivity contribution in [3.8, 4) is 11.4 Å². The monoisotopic (exact) mass is 255 g/mol. The normalized spacial score (nSPS) is 11.3. The summed E-state index contributed by atoms with van der Waals surface area (Å²) in [5.41, 5.74) is 8.88. The summed E-state index contributed by atoms with van der Waals surface area (Å²) in [4.78, 5) is 4.56. The average Bonchev–Trinajstić information content (AvgIpc) is 2.91. The molecule has 0 saturated carbocycles. The number of benzene rings is 1. The Morgan fingerprint density at radius 3 is 2.74 bits per heavy atom. The minimum atomic E-state index is 0.606. The first-order chi connectivity index (χ1) is 9.20. The Bertz CT molecular complexity index is 723. The van der Waals surface area contributed by atoms with Gasteiger partial charge in [0.25, 0.3) is 0 Å². The van der Waals surface area contributed by atoms with Crippen molar-refractivity contribution in [3.05, 3.63) is 41.7 Å². The maximum Gasteiger partial charge on any atom is 0.232 e. The molecule has 0 bridgehead atoms. The van der Waals surface area contributed by atoms with Gasteiger partial charge in [-0.25, -0.2) is 9.50 Å². The third kappa shape index (κ3) is 1.92. The molecule has 0 spiro atoms. The van der Waals surface area contributed by atoms with Gasteiger partial charge < -0.3 is 5.73 Å². The van der Waals surface area contributed by atoms with Crippen LogP contribution in [0.5, 0.6) is 0 Å². The van der Waals surface area contributed by atoms with E-state index in [1.165, 1.54) is 5.56 Å². The lowest BCUT2D eigenvalue weighted by Gasteiger charge is -2.04. The highest BCUT2D eigenvalue weighted by atomic mass is 15.4. The van der Waals surface area contributed by atoms with Gasteiger partial charge in [0.15, 0.2) is 5.82 Å². The van der Waals surface area contributed by atoms with E-state index in [1.807, 2.05) is 34.5 Å². The highest BCUT2D eigenvalue weighted by Crippen LogP contribution is 2.22. The number of hydrogen-bond donors (Lipinski definition) is 1. The summed E-state index contributed by atoms with van der Waals surface area (Å²) < 4.78 is 3.84. The number of aromatic nitrogens is 4. The summed E-state index contributed by atoms with van der Waals surface area (Å²) in [7, 11) is 1.99. The molecule has 0 atom stereocenters. The molecule has 0 unspecified atom stereocenters. The predicted molar refractivity (Wildman–Crippen MR) is 74.9 cm³/mol. The quantitative estimate of drug-likeness (QED) is 0.772. The van der Waals surface area contributed by atoms with E-state index in [9.17, 15) is 0 Å². The van der Waals surface area contributed by atoms with Gasteiger partial charge in [-0.05, 0) is 19.0 Å². The van der Waals surface area contributed by atoms with Crippen LogP contribution in [0.2, 0.25) is 0 Å². The molecular weight excluding hydrogens is 238 g/mol. The number of rotatable bonds is 3. The zero-order valence-electron chi connectivity index (χ0n) is 11.2. The molecule has 98 valence electrons. The molecule has 1 aromatic carbocycles. The van der Waals surface area contributed by atoms with Gasteiger partial charge in [-0.15, -0.1) is 5.10 Å². The largest absolute Gasteiger partial charge is 0.330 e. The number of fused-ring (bicyclic) bond motifs is 1. The Kier molecular flexibility index (Phi) is 2.83. The van der Waals surface area contributed by atoms with Crippen LogP contribution in [0.15, 0.2) is 30.5 Å². The SMILES string of the molecule is Cc1ccccc1-c1nn2cc(CCN)nc2n1C. The maximum atomic E-state index is 5.55. The second kappa shape index (κ2) is 4.51. The van der Waals surface area contributed by atoms with E-state index in [2.05, 4.69) is 29.1 Å². The van der Waals surface area contributed by atoms with E-state index in [0.717, 1.165) is 29.3 Å². The second-order valence-electron chi connectivity index (χ2n) is 4.71. The van der Waals surface area contributed by atoms with Gasteiger partial charge in [0.2, 0.25) is 5.78 Å². The lowest BCUT2D eigenvalue weighted by Crippen LogP contribution is -2.03. The molecule has 2 heterocycles. The van der Waals surface area contributed by atoms with E-state index in [0.29, 0.717) is 6.54 Å². The van der Waals surface area contributed by atoms with Gasteiger partial charge in [0, 0.05) is 19.0 Å². The first-order valence-corrected chi connectivity index (χ1v) is 6.37. The number of hydrogen-bond acceptors (Lipinski definition) is 3. The van der Waals surface area contributed by atoms with Crippen LogP contribution in [0.3, 0.4) is 0 Å². The molecule has 5 heteroatoms. The molecule has 0 amide bonds. The standard InChI is InChI=1S/C14H17N5/c1-10-5-3-4-6-12(10)13-17-19-9-11(7-8-15)16-14(19)18(13)2/h3-6,9H,7-8,15H2,1-2H3. The van der Waals surface area contributed by atoms with E-state index < -0.39 is 0 Å². The Morgan fingerprint density at radius 2 is 2.05 bits per heavy atom. The first-order valence-electron chi connectivity index (χ1n) is 6.37. The highest BCUT2D eigenvalue weighted by molar-refractivity contribution is 5.62. The molecule has 0 aliphatic heterocycles. The van der Waals surface area contributed by atoms with Crippen LogP contribution in [-0.4, -0.2) is 25.7 Å². The molecule has 0 aliphatic carbocycles. The Morgan fingerprint density at radius 1 is 1.26 bits per heavy atom. The van der Waals surface area contributed by atoms with Crippen molar-refractivity contribution in [1.82, 2.24) is 19.2 Å². The number of aryl methyl sites for hydroxylation is 2. The summed E-state index contributed by atoms with van der Waals surface area (Å²) in [5, 5.41) is 4.62. The van der Waals surface area contributed by atoms with E-state index in [4.69, 9.17) is 5.73 Å². The van der Waals surface area contributed by atoms with E-state index >= 15 is 0 Å². The molecule has 2 N–H and O–H groups in total. The molecular formula is C14H17N5. The fourth-order valence-corrected chi connectivity index (χ4v) is 2.30. The number of nitrogens with two attached hydrogens (primary N) is 1. The highest BCUT2D eigenvalue weighted by Gasteiger charge is 2.13. The fourth-order valence-electron chi connectivity index (χ4n) is 2.30. The minimum absolute atomic E-state index is 0.606. The van der Waals surface area contributed by atoms with Gasteiger partial charge in [0.05, 0.1) is 11.9 Å². The molecule has 3 aromatic rings. The molecule has 0 saturated heterocycles. The summed E-state index contributed by atoms with van der Waals surface area (Å²) in [6.07, 6.45) is 2.73. The van der Waals surface area contributed by atoms with Crippen molar-refractivity contribution in [3.63, 3.8) is 0 Å². The molecule has 19 heavy (non-hydrogen) atoms. The van der Waals surface area contributed by atoms with Crippen LogP contribution >= 0.6 is 0 Å². The van der Waals surface area contributed by atoms with Gasteiger partial charge in [-0.1, -0.05) is 24.3 Å². The summed E-state index contributed by atoms with van der Waals surface area (Å²) in [6, 6.07) is 8.23. The van der Waals surface area contributed by atoms with Crippen molar-refractivity contribution < 1.29 is 0 Å². The van der Waals surface area contributed by atoms with Crippen LogP contribution < -0.4 is 5.73 Å². The third-order valence-corrected chi connectivity index (χ3v) is 3.33. The zero-order valence-corrected chi connectivity index (χ0v) is 11.2. The smallest absolute Gasteiger partial charge is 0.232 e. The van der Waals surface area contributed by atoms with Crippen LogP contribution in [0.25, 0.3) is 17.2 Å². The summed E-state index contributed by atoms with van der Waals surface area (Å²) in [5.74, 6) is 1.78. The maximum absolute atomic E-state index is 5.55. The lowest BCUT2D eigenvalue weighted by molar-refractivity contribution is 0.902. The molecule has 0 radical (unpaired) electrons. The van der Waals surface area contributed by atoms with Gasteiger partial charge in [-0.2, -0.15) is 0 Å². The number of nitrogens with zero attached hydrogens (tertiary/aromatic N) is 4. The van der Waals surface area contributed by atoms with Crippen molar-refractivity contribution >= 4 is 5.78 Å². The minimum Gasteiger partial charge on any atom is -0.330 e. The van der Waals surface area contributed by atoms with Crippen molar-refractivity contribution in [2.75, 3.05) is 6.54 Å². The number of imidazole rings is 1. The summed E-state index contributed by atoms with van der Waals surface area (Å²) in [6.45, 7) is 2.70.